The molecule has 20 heavy (non-hydrogen) atoms. The maximum absolute atomic E-state index is 11.1. The van der Waals surface area contributed by atoms with Crippen molar-refractivity contribution >= 4 is 17.3 Å². The second kappa shape index (κ2) is 6.02. The molecule has 0 aromatic carbocycles. The number of furan rings is 1. The number of hydrogen-bond acceptors (Lipinski definition) is 7. The number of anilines is 2. The summed E-state index contributed by atoms with van der Waals surface area (Å²) in [6.07, 6.45) is 1.56. The first-order valence-corrected chi connectivity index (χ1v) is 6.05. The SMILES string of the molecule is CCN(Cc1ccco1)c1nc(NN)ccc1[N+](=O)[O-]. The van der Waals surface area contributed by atoms with E-state index in [-0.39, 0.29) is 11.5 Å². The van der Waals surface area contributed by atoms with E-state index in [1.807, 2.05) is 6.92 Å². The zero-order chi connectivity index (χ0) is 14.5. The van der Waals surface area contributed by atoms with Crippen molar-refractivity contribution in [1.29, 1.82) is 0 Å². The largest absolute Gasteiger partial charge is 0.467 e. The zero-order valence-corrected chi connectivity index (χ0v) is 10.9. The Labute approximate surface area is 115 Å². The van der Waals surface area contributed by atoms with Gasteiger partial charge in [-0.1, -0.05) is 0 Å². The van der Waals surface area contributed by atoms with Crippen LogP contribution in [0, 0.1) is 10.1 Å². The fourth-order valence-corrected chi connectivity index (χ4v) is 1.82. The van der Waals surface area contributed by atoms with Crippen LogP contribution in [-0.2, 0) is 6.54 Å². The predicted octanol–water partition coefficient (Wildman–Crippen LogP) is 1.89. The lowest BCUT2D eigenvalue weighted by molar-refractivity contribution is -0.384. The second-order valence-electron chi connectivity index (χ2n) is 4.03. The highest BCUT2D eigenvalue weighted by Gasteiger charge is 2.21. The van der Waals surface area contributed by atoms with Crippen molar-refractivity contribution in [3.63, 3.8) is 0 Å². The van der Waals surface area contributed by atoms with Gasteiger partial charge in [-0.05, 0) is 25.1 Å². The molecule has 0 amide bonds. The Hall–Kier alpha value is -2.61. The van der Waals surface area contributed by atoms with Gasteiger partial charge in [-0.15, -0.1) is 0 Å². The number of hydrogen-bond donors (Lipinski definition) is 2. The lowest BCUT2D eigenvalue weighted by Crippen LogP contribution is -2.24. The van der Waals surface area contributed by atoms with Gasteiger partial charge >= 0.3 is 5.69 Å². The summed E-state index contributed by atoms with van der Waals surface area (Å²) in [6, 6.07) is 6.41. The number of hydrazine groups is 1. The molecule has 0 saturated heterocycles. The highest BCUT2D eigenvalue weighted by Crippen LogP contribution is 2.28. The van der Waals surface area contributed by atoms with Crippen molar-refractivity contribution in [1.82, 2.24) is 4.98 Å². The number of nitrogens with zero attached hydrogens (tertiary/aromatic N) is 3. The predicted molar refractivity (Wildman–Crippen MR) is 74.1 cm³/mol. The van der Waals surface area contributed by atoms with Gasteiger partial charge < -0.3 is 14.7 Å². The standard InChI is InChI=1S/C12H15N5O3/c1-2-16(8-9-4-3-7-20-9)12-10(17(18)19)5-6-11(14-12)15-13/h3-7H,2,8,13H2,1H3,(H,14,15). The van der Waals surface area contributed by atoms with Gasteiger partial charge in [0, 0.05) is 12.6 Å². The summed E-state index contributed by atoms with van der Waals surface area (Å²) in [4.78, 5) is 16.6. The van der Waals surface area contributed by atoms with E-state index in [0.717, 1.165) is 0 Å². The van der Waals surface area contributed by atoms with Gasteiger partial charge in [-0.2, -0.15) is 0 Å². The summed E-state index contributed by atoms with van der Waals surface area (Å²) in [5.74, 6) is 6.62. The molecule has 0 aliphatic carbocycles. The van der Waals surface area contributed by atoms with E-state index in [1.54, 1.807) is 23.3 Å². The van der Waals surface area contributed by atoms with Gasteiger partial charge in [0.25, 0.3) is 0 Å². The molecule has 0 atom stereocenters. The van der Waals surface area contributed by atoms with Crippen molar-refractivity contribution in [2.75, 3.05) is 16.9 Å². The van der Waals surface area contributed by atoms with E-state index < -0.39 is 4.92 Å². The first-order chi connectivity index (χ1) is 9.65. The van der Waals surface area contributed by atoms with E-state index in [4.69, 9.17) is 10.3 Å². The first-order valence-electron chi connectivity index (χ1n) is 6.05. The van der Waals surface area contributed by atoms with Crippen LogP contribution in [0.1, 0.15) is 12.7 Å². The summed E-state index contributed by atoms with van der Waals surface area (Å²) in [7, 11) is 0. The third kappa shape index (κ3) is 2.86. The maximum Gasteiger partial charge on any atom is 0.311 e. The lowest BCUT2D eigenvalue weighted by atomic mass is 10.3. The molecular formula is C12H15N5O3. The molecule has 2 heterocycles. The summed E-state index contributed by atoms with van der Waals surface area (Å²) in [5.41, 5.74) is 2.32. The number of pyridine rings is 1. The minimum atomic E-state index is -0.465. The quantitative estimate of drug-likeness (QED) is 0.471. The molecule has 0 unspecified atom stereocenters. The van der Waals surface area contributed by atoms with Gasteiger partial charge in [0.2, 0.25) is 5.82 Å². The average molecular weight is 277 g/mol. The molecule has 2 aromatic rings. The van der Waals surface area contributed by atoms with Crippen molar-refractivity contribution in [2.24, 2.45) is 5.84 Å². The van der Waals surface area contributed by atoms with Crippen LogP contribution in [0.3, 0.4) is 0 Å². The van der Waals surface area contributed by atoms with Crippen molar-refractivity contribution < 1.29 is 9.34 Å². The molecule has 2 aromatic heterocycles. The molecule has 0 aliphatic rings. The minimum Gasteiger partial charge on any atom is -0.467 e. The van der Waals surface area contributed by atoms with Crippen LogP contribution in [0.4, 0.5) is 17.3 Å². The smallest absolute Gasteiger partial charge is 0.311 e. The Morgan fingerprint density at radius 1 is 1.50 bits per heavy atom. The van der Waals surface area contributed by atoms with E-state index in [2.05, 4.69) is 10.4 Å². The fourth-order valence-electron chi connectivity index (χ4n) is 1.82. The van der Waals surface area contributed by atoms with Crippen LogP contribution >= 0.6 is 0 Å². The van der Waals surface area contributed by atoms with Gasteiger partial charge in [-0.25, -0.2) is 10.8 Å². The molecule has 2 rings (SSSR count). The van der Waals surface area contributed by atoms with E-state index >= 15 is 0 Å². The van der Waals surface area contributed by atoms with Crippen LogP contribution in [0.5, 0.6) is 0 Å². The molecule has 8 nitrogen and oxygen atoms in total. The molecule has 0 saturated carbocycles. The average Bonchev–Trinajstić information content (AvgIpc) is 2.97. The Morgan fingerprint density at radius 2 is 2.30 bits per heavy atom. The van der Waals surface area contributed by atoms with Gasteiger partial charge in [0.05, 0.1) is 17.7 Å². The van der Waals surface area contributed by atoms with E-state index in [0.29, 0.717) is 24.7 Å². The molecule has 8 heteroatoms. The van der Waals surface area contributed by atoms with Gasteiger partial charge in [0.15, 0.2) is 0 Å². The number of rotatable bonds is 6. The van der Waals surface area contributed by atoms with Gasteiger partial charge in [-0.3, -0.25) is 10.1 Å². The van der Waals surface area contributed by atoms with Crippen LogP contribution in [0.25, 0.3) is 0 Å². The Kier molecular flexibility index (Phi) is 4.16. The fraction of sp³-hybridized carbons (Fsp3) is 0.250. The number of nitro groups is 1. The minimum absolute atomic E-state index is 0.0718. The first kappa shape index (κ1) is 13.8. The normalized spacial score (nSPS) is 10.3. The molecule has 3 N–H and O–H groups in total. The van der Waals surface area contributed by atoms with E-state index in [1.165, 1.54) is 12.1 Å². The van der Waals surface area contributed by atoms with Gasteiger partial charge in [0.1, 0.15) is 11.6 Å². The molecule has 106 valence electrons. The molecule has 0 radical (unpaired) electrons. The molecule has 0 fully saturated rings. The third-order valence-electron chi connectivity index (χ3n) is 2.81. The van der Waals surface area contributed by atoms with Crippen LogP contribution in [0.2, 0.25) is 0 Å². The molecule has 0 aliphatic heterocycles. The Bertz CT molecular complexity index is 585. The van der Waals surface area contributed by atoms with Crippen molar-refractivity contribution in [2.45, 2.75) is 13.5 Å². The van der Waals surface area contributed by atoms with Crippen molar-refractivity contribution in [3.05, 3.63) is 46.4 Å². The van der Waals surface area contributed by atoms with Crippen molar-refractivity contribution in [3.8, 4) is 0 Å². The highest BCUT2D eigenvalue weighted by molar-refractivity contribution is 5.61. The zero-order valence-electron chi connectivity index (χ0n) is 10.9. The number of aromatic nitrogens is 1. The number of nitrogens with two attached hydrogens (primary N) is 1. The number of nitrogens with one attached hydrogen (secondary N) is 1. The highest BCUT2D eigenvalue weighted by atomic mass is 16.6. The summed E-state index contributed by atoms with van der Waals surface area (Å²) in [6.45, 7) is 2.82. The summed E-state index contributed by atoms with van der Waals surface area (Å²) >= 11 is 0. The Morgan fingerprint density at radius 3 is 2.85 bits per heavy atom. The monoisotopic (exact) mass is 277 g/mol. The second-order valence-corrected chi connectivity index (χ2v) is 4.03. The van der Waals surface area contributed by atoms with Crippen LogP contribution < -0.4 is 16.2 Å². The summed E-state index contributed by atoms with van der Waals surface area (Å²) < 4.78 is 5.26. The summed E-state index contributed by atoms with van der Waals surface area (Å²) in [5, 5.41) is 11.1. The topological polar surface area (TPSA) is 110 Å². The molecule has 0 spiro atoms. The molecular weight excluding hydrogens is 262 g/mol. The lowest BCUT2D eigenvalue weighted by Gasteiger charge is -2.20. The Balaban J connectivity index is 2.38. The van der Waals surface area contributed by atoms with Crippen LogP contribution in [0.15, 0.2) is 34.9 Å². The third-order valence-corrected chi connectivity index (χ3v) is 2.81. The molecule has 0 bridgehead atoms. The van der Waals surface area contributed by atoms with E-state index in [9.17, 15) is 10.1 Å². The maximum atomic E-state index is 11.1. The number of nitrogen functional groups attached to an aromatic ring is 1. The van der Waals surface area contributed by atoms with Crippen LogP contribution in [-0.4, -0.2) is 16.5 Å².